The molecule has 32 heavy (non-hydrogen) atoms. The van der Waals surface area contributed by atoms with Crippen molar-refractivity contribution in [3.05, 3.63) is 70.8 Å². The van der Waals surface area contributed by atoms with Crippen LogP contribution in [-0.2, 0) is 6.18 Å². The van der Waals surface area contributed by atoms with Gasteiger partial charge in [0.2, 0.25) is 0 Å². The summed E-state index contributed by atoms with van der Waals surface area (Å²) in [4.78, 5) is 16.8. The van der Waals surface area contributed by atoms with E-state index in [0.717, 1.165) is 6.07 Å². The number of halogens is 3. The minimum Gasteiger partial charge on any atom is -0.493 e. The second-order valence-corrected chi connectivity index (χ2v) is 8.47. The third kappa shape index (κ3) is 5.63. The van der Waals surface area contributed by atoms with Gasteiger partial charge in [0.1, 0.15) is 6.61 Å². The van der Waals surface area contributed by atoms with Gasteiger partial charge in [0.25, 0.3) is 5.56 Å². The number of methoxy groups -OCH3 is 1. The van der Waals surface area contributed by atoms with Crippen molar-refractivity contribution in [2.24, 2.45) is 0 Å². The summed E-state index contributed by atoms with van der Waals surface area (Å²) in [5.74, 6) is 0.696. The van der Waals surface area contributed by atoms with Gasteiger partial charge >= 0.3 is 6.18 Å². The average Bonchev–Trinajstić information content (AvgIpc) is 2.73. The first-order valence-electron chi connectivity index (χ1n) is 9.45. The molecule has 0 aliphatic rings. The maximum absolute atomic E-state index is 13.3. The minimum absolute atomic E-state index is 0.0251. The molecule has 0 radical (unpaired) electrons. The number of aliphatic hydroxyl groups is 1. The molecular formula is C22H21F3N2O4S. The third-order valence-corrected chi connectivity index (χ3v) is 5.26. The van der Waals surface area contributed by atoms with Crippen molar-refractivity contribution in [2.45, 2.75) is 35.5 Å². The Labute approximate surface area is 186 Å². The van der Waals surface area contributed by atoms with Gasteiger partial charge in [-0.15, -0.1) is 0 Å². The first-order valence-corrected chi connectivity index (χ1v) is 10.3. The van der Waals surface area contributed by atoms with Crippen LogP contribution >= 0.6 is 11.8 Å². The molecule has 0 atom stereocenters. The average molecular weight is 466 g/mol. The van der Waals surface area contributed by atoms with E-state index in [0.29, 0.717) is 28.9 Å². The molecule has 0 bridgehead atoms. The lowest BCUT2D eigenvalue weighted by molar-refractivity contribution is -0.139. The summed E-state index contributed by atoms with van der Waals surface area (Å²) in [7, 11) is 1.43. The van der Waals surface area contributed by atoms with E-state index in [1.807, 2.05) is 0 Å². The number of hydrogen-bond donors (Lipinski definition) is 1. The second kappa shape index (κ2) is 9.25. The van der Waals surface area contributed by atoms with Crippen LogP contribution in [0.25, 0.3) is 5.69 Å². The molecule has 0 unspecified atom stereocenters. The molecule has 2 aromatic carbocycles. The van der Waals surface area contributed by atoms with Crippen molar-refractivity contribution in [1.82, 2.24) is 9.55 Å². The number of rotatable bonds is 7. The zero-order valence-corrected chi connectivity index (χ0v) is 18.3. The van der Waals surface area contributed by atoms with Crippen LogP contribution in [0.15, 0.2) is 69.6 Å². The van der Waals surface area contributed by atoms with E-state index in [4.69, 9.17) is 9.47 Å². The van der Waals surface area contributed by atoms with E-state index in [2.05, 4.69) is 4.98 Å². The Morgan fingerprint density at radius 2 is 1.84 bits per heavy atom. The van der Waals surface area contributed by atoms with Crippen LogP contribution in [0.4, 0.5) is 13.2 Å². The van der Waals surface area contributed by atoms with E-state index < -0.39 is 22.9 Å². The Balaban J connectivity index is 1.95. The monoisotopic (exact) mass is 466 g/mol. The quantitative estimate of drug-likeness (QED) is 0.550. The predicted octanol–water partition coefficient (Wildman–Crippen LogP) is 4.56. The molecule has 3 aromatic rings. The predicted molar refractivity (Wildman–Crippen MR) is 114 cm³/mol. The summed E-state index contributed by atoms with van der Waals surface area (Å²) in [6, 6.07) is 9.75. The fraction of sp³-hybridized carbons (Fsp3) is 0.273. The Morgan fingerprint density at radius 1 is 1.12 bits per heavy atom. The van der Waals surface area contributed by atoms with E-state index in [-0.39, 0.29) is 16.5 Å². The highest BCUT2D eigenvalue weighted by Crippen LogP contribution is 2.38. The van der Waals surface area contributed by atoms with Gasteiger partial charge in [-0.05, 0) is 38.1 Å². The number of hydrogen-bond acceptors (Lipinski definition) is 6. The molecule has 0 fully saturated rings. The second-order valence-electron chi connectivity index (χ2n) is 7.44. The van der Waals surface area contributed by atoms with Crippen molar-refractivity contribution in [3.63, 3.8) is 0 Å². The topological polar surface area (TPSA) is 73.6 Å². The summed E-state index contributed by atoms with van der Waals surface area (Å²) in [6.07, 6.45) is -1.80. The first kappa shape index (κ1) is 23.7. The van der Waals surface area contributed by atoms with Gasteiger partial charge in [-0.3, -0.25) is 9.36 Å². The highest BCUT2D eigenvalue weighted by Gasteiger charge is 2.33. The summed E-state index contributed by atoms with van der Waals surface area (Å²) < 4.78 is 52.0. The Bertz CT molecular complexity index is 1160. The minimum atomic E-state index is -4.55. The van der Waals surface area contributed by atoms with Gasteiger partial charge in [0.05, 0.1) is 24.0 Å². The molecule has 0 aliphatic heterocycles. The molecule has 0 saturated carbocycles. The summed E-state index contributed by atoms with van der Waals surface area (Å²) in [5.41, 5.74) is -2.06. The summed E-state index contributed by atoms with van der Waals surface area (Å²) in [6.45, 7) is 3.22. The van der Waals surface area contributed by atoms with Crippen molar-refractivity contribution in [2.75, 3.05) is 13.7 Å². The molecule has 1 heterocycles. The van der Waals surface area contributed by atoms with E-state index >= 15 is 0 Å². The molecule has 0 amide bonds. The molecule has 6 nitrogen and oxygen atoms in total. The Hall–Kier alpha value is -2.98. The summed E-state index contributed by atoms with van der Waals surface area (Å²) >= 11 is 0.652. The van der Waals surface area contributed by atoms with Crippen LogP contribution in [0.3, 0.4) is 0 Å². The first-order chi connectivity index (χ1) is 15.0. The number of alkyl halides is 3. The largest absolute Gasteiger partial charge is 0.493 e. The molecule has 0 aliphatic carbocycles. The van der Waals surface area contributed by atoms with Gasteiger partial charge in [-0.25, -0.2) is 4.98 Å². The smallest absolute Gasteiger partial charge is 0.417 e. The van der Waals surface area contributed by atoms with Crippen LogP contribution in [0, 0.1) is 0 Å². The Kier molecular flexibility index (Phi) is 6.85. The maximum Gasteiger partial charge on any atom is 0.417 e. The lowest BCUT2D eigenvalue weighted by Gasteiger charge is -2.19. The van der Waals surface area contributed by atoms with Crippen LogP contribution in [0.5, 0.6) is 11.5 Å². The van der Waals surface area contributed by atoms with Gasteiger partial charge < -0.3 is 14.6 Å². The zero-order valence-electron chi connectivity index (χ0n) is 17.5. The van der Waals surface area contributed by atoms with Crippen molar-refractivity contribution >= 4 is 11.8 Å². The van der Waals surface area contributed by atoms with Gasteiger partial charge in [0.15, 0.2) is 16.5 Å². The molecule has 1 N–H and O–H groups in total. The number of aromatic nitrogens is 2. The number of ether oxygens (including phenoxy) is 2. The van der Waals surface area contributed by atoms with E-state index in [1.165, 1.54) is 42.3 Å². The van der Waals surface area contributed by atoms with E-state index in [1.54, 1.807) is 32.0 Å². The highest BCUT2D eigenvalue weighted by molar-refractivity contribution is 7.99. The lowest BCUT2D eigenvalue weighted by Crippen LogP contribution is -2.28. The molecule has 170 valence electrons. The zero-order chi connectivity index (χ0) is 23.5. The van der Waals surface area contributed by atoms with Gasteiger partial charge in [-0.1, -0.05) is 23.9 Å². The lowest BCUT2D eigenvalue weighted by atomic mass is 10.2. The van der Waals surface area contributed by atoms with Gasteiger partial charge in [-0.2, -0.15) is 13.2 Å². The standard InChI is InChI=1S/C22H21F3N2O4S/c1-21(2,29)13-31-16-9-8-14(12-17(16)30-3)27-11-10-26-19(20(27)28)32-18-7-5-4-6-15(18)22(23,24)25/h4-12,29H,13H2,1-3H3. The molecule has 1 aromatic heterocycles. The fourth-order valence-electron chi connectivity index (χ4n) is 2.74. The third-order valence-electron chi connectivity index (χ3n) is 4.21. The highest BCUT2D eigenvalue weighted by atomic mass is 32.2. The van der Waals surface area contributed by atoms with Crippen molar-refractivity contribution in [1.29, 1.82) is 0 Å². The molecule has 3 rings (SSSR count). The van der Waals surface area contributed by atoms with Crippen LogP contribution in [0.2, 0.25) is 0 Å². The normalized spacial score (nSPS) is 12.0. The van der Waals surface area contributed by atoms with E-state index in [9.17, 15) is 23.1 Å². The van der Waals surface area contributed by atoms with Crippen molar-refractivity contribution in [3.8, 4) is 17.2 Å². The number of nitrogens with zero attached hydrogens (tertiary/aromatic N) is 2. The van der Waals surface area contributed by atoms with Crippen LogP contribution in [0.1, 0.15) is 19.4 Å². The summed E-state index contributed by atoms with van der Waals surface area (Å²) in [5, 5.41) is 9.74. The maximum atomic E-state index is 13.3. The molecule has 10 heteroatoms. The van der Waals surface area contributed by atoms with Gasteiger partial charge in [0, 0.05) is 23.4 Å². The SMILES string of the molecule is COc1cc(-n2ccnc(Sc3ccccc3C(F)(F)F)c2=O)ccc1OCC(C)(C)O. The fourth-order valence-corrected chi connectivity index (χ4v) is 3.69. The molecule has 0 spiro atoms. The Morgan fingerprint density at radius 3 is 2.50 bits per heavy atom. The van der Waals surface area contributed by atoms with Crippen LogP contribution in [-0.4, -0.2) is 34.0 Å². The van der Waals surface area contributed by atoms with Crippen molar-refractivity contribution < 1.29 is 27.8 Å². The number of benzene rings is 2. The molecule has 0 saturated heterocycles. The molecular weight excluding hydrogens is 445 g/mol. The van der Waals surface area contributed by atoms with Crippen LogP contribution < -0.4 is 15.0 Å².